The Hall–Kier alpha value is -2.54. The highest BCUT2D eigenvalue weighted by molar-refractivity contribution is 5.78. The fourth-order valence-corrected chi connectivity index (χ4v) is 3.13. The highest BCUT2D eigenvalue weighted by Crippen LogP contribution is 2.26. The molecule has 1 unspecified atom stereocenters. The van der Waals surface area contributed by atoms with Crippen molar-refractivity contribution in [2.75, 3.05) is 25.0 Å². The van der Waals surface area contributed by atoms with Crippen molar-refractivity contribution in [1.82, 2.24) is 19.9 Å². The topological polar surface area (TPSA) is 97.0 Å². The summed E-state index contributed by atoms with van der Waals surface area (Å²) >= 11 is 0. The number of nitrogens with one attached hydrogen (secondary N) is 1. The van der Waals surface area contributed by atoms with Gasteiger partial charge >= 0.3 is 0 Å². The van der Waals surface area contributed by atoms with Gasteiger partial charge in [0.15, 0.2) is 0 Å². The minimum atomic E-state index is -0.0142. The van der Waals surface area contributed by atoms with Gasteiger partial charge in [-0.15, -0.1) is 0 Å². The molecule has 1 fully saturated rings. The molecule has 1 aliphatic rings. The van der Waals surface area contributed by atoms with Crippen LogP contribution in [0.2, 0.25) is 0 Å². The lowest BCUT2D eigenvalue weighted by atomic mass is 9.97. The van der Waals surface area contributed by atoms with Crippen LogP contribution in [0.3, 0.4) is 0 Å². The third kappa shape index (κ3) is 4.30. The van der Waals surface area contributed by atoms with Gasteiger partial charge in [-0.1, -0.05) is 6.07 Å². The van der Waals surface area contributed by atoms with Gasteiger partial charge in [-0.05, 0) is 38.8 Å². The van der Waals surface area contributed by atoms with E-state index < -0.39 is 0 Å². The molecule has 0 aromatic carbocycles. The number of rotatable bonds is 4. The molecule has 0 spiro atoms. The van der Waals surface area contributed by atoms with Crippen LogP contribution in [0.15, 0.2) is 24.3 Å². The fourth-order valence-electron chi connectivity index (χ4n) is 3.13. The summed E-state index contributed by atoms with van der Waals surface area (Å²) in [7, 11) is 0. The average Bonchev–Trinajstić information content (AvgIpc) is 2.60. The maximum atomic E-state index is 11.9. The number of hydrogen-bond donors (Lipinski definition) is 2. The molecule has 0 aliphatic carbocycles. The standard InChI is InChI=1S/C18H24N6O/c1-12-5-3-7-15(20-12)22-16-9-13(2)21-18(23-16)14-6-4-8-24(11-14)17(25)10-19/h3,5,7,9,14H,4,6,8,10-11,19H2,1-2H3,(H,20,21,22,23). The lowest BCUT2D eigenvalue weighted by Gasteiger charge is -2.32. The summed E-state index contributed by atoms with van der Waals surface area (Å²) in [5.74, 6) is 2.37. The van der Waals surface area contributed by atoms with Crippen LogP contribution in [-0.2, 0) is 4.79 Å². The quantitative estimate of drug-likeness (QED) is 0.882. The third-order valence-corrected chi connectivity index (χ3v) is 4.33. The van der Waals surface area contributed by atoms with Crippen LogP contribution in [0.5, 0.6) is 0 Å². The number of aryl methyl sites for hydroxylation is 2. The van der Waals surface area contributed by atoms with E-state index in [2.05, 4.69) is 20.3 Å². The summed E-state index contributed by atoms with van der Waals surface area (Å²) < 4.78 is 0. The number of aromatic nitrogens is 3. The molecule has 3 rings (SSSR count). The first-order valence-electron chi connectivity index (χ1n) is 8.59. The Balaban J connectivity index is 1.80. The Morgan fingerprint density at radius 1 is 1.24 bits per heavy atom. The van der Waals surface area contributed by atoms with E-state index in [1.165, 1.54) is 0 Å². The number of amides is 1. The summed E-state index contributed by atoms with van der Waals surface area (Å²) in [6.07, 6.45) is 1.91. The number of hydrogen-bond acceptors (Lipinski definition) is 6. The number of carbonyl (C=O) groups is 1. The number of likely N-dealkylation sites (tertiary alicyclic amines) is 1. The minimum Gasteiger partial charge on any atom is -0.341 e. The van der Waals surface area contributed by atoms with Gasteiger partial charge in [0.1, 0.15) is 17.5 Å². The number of carbonyl (C=O) groups excluding carboxylic acids is 1. The Morgan fingerprint density at radius 2 is 2.08 bits per heavy atom. The summed E-state index contributed by atoms with van der Waals surface area (Å²) in [5.41, 5.74) is 7.33. The van der Waals surface area contributed by atoms with Crippen molar-refractivity contribution < 1.29 is 4.79 Å². The summed E-state index contributed by atoms with van der Waals surface area (Å²) in [4.78, 5) is 27.4. The number of pyridine rings is 1. The molecule has 1 atom stereocenters. The second-order valence-electron chi connectivity index (χ2n) is 6.43. The predicted octanol–water partition coefficient (Wildman–Crippen LogP) is 1.90. The molecule has 7 heteroatoms. The van der Waals surface area contributed by atoms with E-state index in [4.69, 9.17) is 5.73 Å². The van der Waals surface area contributed by atoms with Crippen molar-refractivity contribution in [2.45, 2.75) is 32.6 Å². The Kier molecular flexibility index (Phi) is 5.23. The number of nitrogens with two attached hydrogens (primary N) is 1. The van der Waals surface area contributed by atoms with Crippen molar-refractivity contribution in [3.05, 3.63) is 41.5 Å². The van der Waals surface area contributed by atoms with Gasteiger partial charge in [-0.25, -0.2) is 15.0 Å². The van der Waals surface area contributed by atoms with Gasteiger partial charge in [-0.2, -0.15) is 0 Å². The van der Waals surface area contributed by atoms with E-state index in [1.54, 1.807) is 0 Å². The zero-order valence-corrected chi connectivity index (χ0v) is 14.7. The second-order valence-corrected chi connectivity index (χ2v) is 6.43. The largest absolute Gasteiger partial charge is 0.341 e. The van der Waals surface area contributed by atoms with Crippen molar-refractivity contribution in [3.63, 3.8) is 0 Å². The molecule has 1 amide bonds. The molecule has 3 N–H and O–H groups in total. The molecule has 1 saturated heterocycles. The zero-order valence-electron chi connectivity index (χ0n) is 14.7. The molecule has 0 bridgehead atoms. The van der Waals surface area contributed by atoms with E-state index >= 15 is 0 Å². The van der Waals surface area contributed by atoms with Gasteiger partial charge in [-0.3, -0.25) is 4.79 Å². The summed E-state index contributed by atoms with van der Waals surface area (Å²) in [5, 5.41) is 3.25. The average molecular weight is 340 g/mol. The summed E-state index contributed by atoms with van der Waals surface area (Å²) in [6.45, 7) is 5.34. The van der Waals surface area contributed by atoms with Crippen molar-refractivity contribution in [3.8, 4) is 0 Å². The third-order valence-electron chi connectivity index (χ3n) is 4.33. The van der Waals surface area contributed by atoms with E-state index in [1.807, 2.05) is 43.0 Å². The molecule has 0 saturated carbocycles. The first-order chi connectivity index (χ1) is 12.0. The Labute approximate surface area is 147 Å². The normalized spacial score (nSPS) is 17.4. The first kappa shape index (κ1) is 17.3. The highest BCUT2D eigenvalue weighted by Gasteiger charge is 2.26. The van der Waals surface area contributed by atoms with Crippen LogP contribution in [-0.4, -0.2) is 45.4 Å². The SMILES string of the molecule is Cc1cccc(Nc2cc(C)nc(C3CCCN(C(=O)CN)C3)n2)n1. The van der Waals surface area contributed by atoms with E-state index in [9.17, 15) is 4.79 Å². The molecule has 3 heterocycles. The summed E-state index contributed by atoms with van der Waals surface area (Å²) in [6, 6.07) is 7.72. The molecule has 2 aromatic heterocycles. The lowest BCUT2D eigenvalue weighted by Crippen LogP contribution is -2.42. The van der Waals surface area contributed by atoms with Crippen LogP contribution in [0.1, 0.15) is 36.0 Å². The predicted molar refractivity (Wildman–Crippen MR) is 96.6 cm³/mol. The first-order valence-corrected chi connectivity index (χ1v) is 8.59. The van der Waals surface area contributed by atoms with Crippen LogP contribution in [0.25, 0.3) is 0 Å². The van der Waals surface area contributed by atoms with Crippen molar-refractivity contribution in [2.24, 2.45) is 5.73 Å². The van der Waals surface area contributed by atoms with Gasteiger partial charge in [0.25, 0.3) is 0 Å². The fraction of sp³-hybridized carbons (Fsp3) is 0.444. The maximum absolute atomic E-state index is 11.9. The van der Waals surface area contributed by atoms with Crippen molar-refractivity contribution in [1.29, 1.82) is 0 Å². The van der Waals surface area contributed by atoms with Crippen LogP contribution in [0.4, 0.5) is 11.6 Å². The number of nitrogens with zero attached hydrogens (tertiary/aromatic N) is 4. The molecule has 132 valence electrons. The van der Waals surface area contributed by atoms with Crippen LogP contribution in [0, 0.1) is 13.8 Å². The monoisotopic (exact) mass is 340 g/mol. The smallest absolute Gasteiger partial charge is 0.236 e. The zero-order chi connectivity index (χ0) is 17.8. The van der Waals surface area contributed by atoms with E-state index in [0.29, 0.717) is 6.54 Å². The molecule has 1 aliphatic heterocycles. The van der Waals surface area contributed by atoms with Gasteiger partial charge in [0.05, 0.1) is 6.54 Å². The molecule has 7 nitrogen and oxygen atoms in total. The second kappa shape index (κ2) is 7.57. The van der Waals surface area contributed by atoms with Gasteiger partial charge in [0, 0.05) is 36.5 Å². The molecular weight excluding hydrogens is 316 g/mol. The molecular formula is C18H24N6O. The molecule has 25 heavy (non-hydrogen) atoms. The van der Waals surface area contributed by atoms with Gasteiger partial charge < -0.3 is 16.0 Å². The number of anilines is 2. The Morgan fingerprint density at radius 3 is 2.84 bits per heavy atom. The van der Waals surface area contributed by atoms with E-state index in [-0.39, 0.29) is 18.4 Å². The maximum Gasteiger partial charge on any atom is 0.236 e. The Bertz CT molecular complexity index is 763. The minimum absolute atomic E-state index is 0.0142. The number of piperidine rings is 1. The molecule has 0 radical (unpaired) electrons. The lowest BCUT2D eigenvalue weighted by molar-refractivity contribution is -0.130. The molecule has 2 aromatic rings. The highest BCUT2D eigenvalue weighted by atomic mass is 16.2. The van der Waals surface area contributed by atoms with Gasteiger partial charge in [0.2, 0.25) is 5.91 Å². The van der Waals surface area contributed by atoms with Crippen molar-refractivity contribution >= 4 is 17.5 Å². The van der Waals surface area contributed by atoms with Crippen LogP contribution >= 0.6 is 0 Å². The van der Waals surface area contributed by atoms with E-state index in [0.717, 1.165) is 48.2 Å². The van der Waals surface area contributed by atoms with Crippen LogP contribution < -0.4 is 11.1 Å².